The summed E-state index contributed by atoms with van der Waals surface area (Å²) in [5.41, 5.74) is 6.98. The van der Waals surface area contributed by atoms with Gasteiger partial charge in [-0.15, -0.1) is 11.3 Å². The van der Waals surface area contributed by atoms with Crippen LogP contribution in [0.4, 0.5) is 5.69 Å². The largest absolute Gasteiger partial charge is 0.389 e. The van der Waals surface area contributed by atoms with Crippen molar-refractivity contribution in [3.05, 3.63) is 46.8 Å². The molecule has 0 radical (unpaired) electrons. The van der Waals surface area contributed by atoms with Crippen molar-refractivity contribution < 1.29 is 8.42 Å². The molecule has 0 saturated carbocycles. The molecule has 7 heteroatoms. The lowest BCUT2D eigenvalue weighted by atomic mass is 10.2. The standard InChI is InChI=1S/C12H12N2O2S3/c1-8-3-2-4-9(7-8)14-19(15,16)11-6-5-10(18-11)12(13)17/h2-7,14H,1H3,(H2,13,17). The van der Waals surface area contributed by atoms with Gasteiger partial charge in [0.05, 0.1) is 4.88 Å². The third kappa shape index (κ3) is 3.31. The molecular weight excluding hydrogens is 300 g/mol. The van der Waals surface area contributed by atoms with E-state index in [-0.39, 0.29) is 9.20 Å². The molecule has 1 heterocycles. The van der Waals surface area contributed by atoms with Crippen molar-refractivity contribution >= 4 is 44.3 Å². The Morgan fingerprint density at radius 2 is 2.05 bits per heavy atom. The Labute approximate surface area is 121 Å². The molecule has 0 aliphatic rings. The summed E-state index contributed by atoms with van der Waals surface area (Å²) in [5, 5.41) is 0. The SMILES string of the molecule is Cc1cccc(NS(=O)(=O)c2ccc(C(N)=S)s2)c1. The number of sulfonamides is 1. The number of thiophene rings is 1. The van der Waals surface area contributed by atoms with Crippen LogP contribution in [0.3, 0.4) is 0 Å². The van der Waals surface area contributed by atoms with Crippen LogP contribution in [0.15, 0.2) is 40.6 Å². The Balaban J connectivity index is 2.29. The fraction of sp³-hybridized carbons (Fsp3) is 0.0833. The zero-order chi connectivity index (χ0) is 14.0. The molecule has 2 aromatic rings. The van der Waals surface area contributed by atoms with Gasteiger partial charge in [-0.25, -0.2) is 8.42 Å². The number of nitrogens with one attached hydrogen (secondary N) is 1. The van der Waals surface area contributed by atoms with E-state index in [1.165, 1.54) is 6.07 Å². The minimum atomic E-state index is -3.59. The molecule has 19 heavy (non-hydrogen) atoms. The maximum absolute atomic E-state index is 12.2. The molecule has 0 unspecified atom stereocenters. The van der Waals surface area contributed by atoms with E-state index in [0.29, 0.717) is 10.6 Å². The van der Waals surface area contributed by atoms with Gasteiger partial charge < -0.3 is 5.73 Å². The van der Waals surface area contributed by atoms with E-state index >= 15 is 0 Å². The van der Waals surface area contributed by atoms with Gasteiger partial charge in [0.1, 0.15) is 9.20 Å². The van der Waals surface area contributed by atoms with Crippen molar-refractivity contribution in [3.8, 4) is 0 Å². The molecule has 100 valence electrons. The molecule has 0 aliphatic carbocycles. The quantitative estimate of drug-likeness (QED) is 0.851. The first-order valence-electron chi connectivity index (χ1n) is 5.37. The summed E-state index contributed by atoms with van der Waals surface area (Å²) in [6.07, 6.45) is 0. The second-order valence-corrected chi connectivity index (χ2v) is 7.39. The Bertz CT molecular complexity index is 720. The van der Waals surface area contributed by atoms with E-state index in [1.807, 2.05) is 13.0 Å². The van der Waals surface area contributed by atoms with Crippen molar-refractivity contribution in [1.29, 1.82) is 0 Å². The van der Waals surface area contributed by atoms with Crippen LogP contribution in [0, 0.1) is 6.92 Å². The first-order valence-corrected chi connectivity index (χ1v) is 8.08. The minimum absolute atomic E-state index is 0.191. The van der Waals surface area contributed by atoms with Crippen LogP contribution in [0.2, 0.25) is 0 Å². The molecule has 0 atom stereocenters. The van der Waals surface area contributed by atoms with Crippen molar-refractivity contribution in [1.82, 2.24) is 0 Å². The number of rotatable bonds is 4. The van der Waals surface area contributed by atoms with E-state index in [2.05, 4.69) is 4.72 Å². The predicted molar refractivity (Wildman–Crippen MR) is 82.2 cm³/mol. The van der Waals surface area contributed by atoms with Crippen molar-refractivity contribution in [2.24, 2.45) is 5.73 Å². The van der Waals surface area contributed by atoms with Gasteiger partial charge in [-0.1, -0.05) is 24.4 Å². The molecular formula is C12H12N2O2S3. The third-order valence-electron chi connectivity index (χ3n) is 2.36. The lowest BCUT2D eigenvalue weighted by Gasteiger charge is -2.06. The molecule has 0 aliphatic heterocycles. The molecule has 0 amide bonds. The summed E-state index contributed by atoms with van der Waals surface area (Å²) in [4.78, 5) is 0.779. The molecule has 1 aromatic carbocycles. The number of hydrogen-bond donors (Lipinski definition) is 2. The first-order chi connectivity index (χ1) is 8.88. The van der Waals surface area contributed by atoms with Crippen LogP contribution in [-0.4, -0.2) is 13.4 Å². The van der Waals surface area contributed by atoms with E-state index < -0.39 is 10.0 Å². The number of aryl methyl sites for hydroxylation is 1. The monoisotopic (exact) mass is 312 g/mol. The van der Waals surface area contributed by atoms with Crippen LogP contribution in [0.25, 0.3) is 0 Å². The van der Waals surface area contributed by atoms with Gasteiger partial charge >= 0.3 is 0 Å². The molecule has 0 fully saturated rings. The maximum Gasteiger partial charge on any atom is 0.271 e. The zero-order valence-electron chi connectivity index (χ0n) is 10.1. The second-order valence-electron chi connectivity index (χ2n) is 3.96. The fourth-order valence-electron chi connectivity index (χ4n) is 1.51. The number of benzene rings is 1. The molecule has 0 spiro atoms. The first kappa shape index (κ1) is 14.0. The van der Waals surface area contributed by atoms with Gasteiger partial charge in [-0.05, 0) is 36.8 Å². The van der Waals surface area contributed by atoms with E-state index in [9.17, 15) is 8.42 Å². The average Bonchev–Trinajstić information content (AvgIpc) is 2.78. The average molecular weight is 312 g/mol. The van der Waals surface area contributed by atoms with Crippen LogP contribution < -0.4 is 10.5 Å². The van der Waals surface area contributed by atoms with Crippen molar-refractivity contribution in [2.45, 2.75) is 11.1 Å². The summed E-state index contributed by atoms with van der Waals surface area (Å²) >= 11 is 5.87. The van der Waals surface area contributed by atoms with Crippen LogP contribution in [-0.2, 0) is 10.0 Å². The van der Waals surface area contributed by atoms with Gasteiger partial charge in [-0.3, -0.25) is 4.72 Å². The lowest BCUT2D eigenvalue weighted by molar-refractivity contribution is 0.603. The second kappa shape index (κ2) is 5.28. The van der Waals surface area contributed by atoms with Crippen molar-refractivity contribution in [3.63, 3.8) is 0 Å². The smallest absolute Gasteiger partial charge is 0.271 e. The number of nitrogens with two attached hydrogens (primary N) is 1. The highest BCUT2D eigenvalue weighted by atomic mass is 32.2. The highest BCUT2D eigenvalue weighted by Crippen LogP contribution is 2.24. The number of thiocarbonyl (C=S) groups is 1. The van der Waals surface area contributed by atoms with Crippen LogP contribution in [0.1, 0.15) is 10.4 Å². The Hall–Kier alpha value is -1.44. The van der Waals surface area contributed by atoms with Gasteiger partial charge in [0, 0.05) is 5.69 Å². The Morgan fingerprint density at radius 3 is 2.63 bits per heavy atom. The normalized spacial score (nSPS) is 11.2. The van der Waals surface area contributed by atoms with Gasteiger partial charge in [0.2, 0.25) is 0 Å². The molecule has 4 nitrogen and oxygen atoms in total. The van der Waals surface area contributed by atoms with E-state index in [0.717, 1.165) is 16.9 Å². The maximum atomic E-state index is 12.2. The number of hydrogen-bond acceptors (Lipinski definition) is 4. The summed E-state index contributed by atoms with van der Waals surface area (Å²) in [5.74, 6) is 0. The van der Waals surface area contributed by atoms with E-state index in [1.54, 1.807) is 24.3 Å². The molecule has 1 aromatic heterocycles. The molecule has 2 rings (SSSR count). The summed E-state index contributed by atoms with van der Waals surface area (Å²) in [6, 6.07) is 10.3. The summed E-state index contributed by atoms with van der Waals surface area (Å²) in [6.45, 7) is 1.90. The Kier molecular flexibility index (Phi) is 3.88. The summed E-state index contributed by atoms with van der Waals surface area (Å²) in [7, 11) is -3.59. The van der Waals surface area contributed by atoms with Crippen LogP contribution >= 0.6 is 23.6 Å². The predicted octanol–water partition coefficient (Wildman–Crippen LogP) is 2.49. The zero-order valence-corrected chi connectivity index (χ0v) is 12.5. The van der Waals surface area contributed by atoms with Crippen LogP contribution in [0.5, 0.6) is 0 Å². The highest BCUT2D eigenvalue weighted by molar-refractivity contribution is 7.94. The lowest BCUT2D eigenvalue weighted by Crippen LogP contribution is -2.11. The number of anilines is 1. The van der Waals surface area contributed by atoms with Gasteiger partial charge in [-0.2, -0.15) is 0 Å². The fourth-order valence-corrected chi connectivity index (χ4v) is 3.91. The Morgan fingerprint density at radius 1 is 1.32 bits per heavy atom. The van der Waals surface area contributed by atoms with Gasteiger partial charge in [0.15, 0.2) is 0 Å². The van der Waals surface area contributed by atoms with Crippen molar-refractivity contribution in [2.75, 3.05) is 4.72 Å². The molecule has 3 N–H and O–H groups in total. The highest BCUT2D eigenvalue weighted by Gasteiger charge is 2.17. The summed E-state index contributed by atoms with van der Waals surface area (Å²) < 4.78 is 27.0. The van der Waals surface area contributed by atoms with Gasteiger partial charge in [0.25, 0.3) is 10.0 Å². The third-order valence-corrected chi connectivity index (χ3v) is 5.70. The molecule has 0 bridgehead atoms. The topological polar surface area (TPSA) is 72.2 Å². The molecule has 0 saturated heterocycles. The minimum Gasteiger partial charge on any atom is -0.389 e. The van der Waals surface area contributed by atoms with E-state index in [4.69, 9.17) is 18.0 Å².